The average Bonchev–Trinajstić information content (AvgIpc) is 2.82. The molecule has 0 unspecified atom stereocenters. The van der Waals surface area contributed by atoms with Gasteiger partial charge in [-0.25, -0.2) is 4.68 Å². The molecular weight excluding hydrogens is 273 g/mol. The van der Waals surface area contributed by atoms with E-state index in [1.165, 1.54) is 0 Å². The van der Waals surface area contributed by atoms with Gasteiger partial charge in [-0.3, -0.25) is 5.10 Å². The highest BCUT2D eigenvalue weighted by Crippen LogP contribution is 2.29. The quantitative estimate of drug-likeness (QED) is 0.720. The molecule has 1 aromatic carbocycles. The van der Waals surface area contributed by atoms with Crippen molar-refractivity contribution < 1.29 is 0 Å². The second-order valence-corrected chi connectivity index (χ2v) is 4.77. The number of H-pyrrole nitrogens is 1. The van der Waals surface area contributed by atoms with Crippen LogP contribution in [0.5, 0.6) is 0 Å². The number of benzene rings is 1. The highest BCUT2D eigenvalue weighted by atomic mass is 35.5. The first kappa shape index (κ1) is 11.4. The molecule has 0 saturated carbocycles. The molecule has 92 valence electrons. The molecule has 0 bridgehead atoms. The van der Waals surface area contributed by atoms with Gasteiger partial charge in [0.1, 0.15) is 5.82 Å². The van der Waals surface area contributed by atoms with E-state index in [-0.39, 0.29) is 0 Å². The number of nitrogens with two attached hydrogens (primary N) is 1. The van der Waals surface area contributed by atoms with Gasteiger partial charge in [0.2, 0.25) is 0 Å². The summed E-state index contributed by atoms with van der Waals surface area (Å²) in [6.45, 7) is 1.87. The van der Waals surface area contributed by atoms with Gasteiger partial charge in [0, 0.05) is 5.02 Å². The first-order valence-electron chi connectivity index (χ1n) is 5.22. The Morgan fingerprint density at radius 1 is 1.33 bits per heavy atom. The molecule has 0 spiro atoms. The zero-order valence-electron chi connectivity index (χ0n) is 9.41. The van der Waals surface area contributed by atoms with Crippen molar-refractivity contribution in [1.29, 1.82) is 0 Å². The van der Waals surface area contributed by atoms with E-state index in [1.54, 1.807) is 22.9 Å². The van der Waals surface area contributed by atoms with Crippen molar-refractivity contribution in [2.24, 2.45) is 0 Å². The number of aryl methyl sites for hydroxylation is 1. The summed E-state index contributed by atoms with van der Waals surface area (Å²) in [5, 5.41) is 13.2. The van der Waals surface area contributed by atoms with E-state index in [0.29, 0.717) is 27.2 Å². The fourth-order valence-electron chi connectivity index (χ4n) is 1.92. The SMILES string of the molecule is Cc1nn(-c2ccc(Cl)cc2Cl)c2n[nH]c(N)c12. The Morgan fingerprint density at radius 2 is 2.11 bits per heavy atom. The maximum atomic E-state index is 6.17. The van der Waals surface area contributed by atoms with E-state index >= 15 is 0 Å². The number of fused-ring (bicyclic) bond motifs is 1. The Labute approximate surface area is 112 Å². The molecule has 5 nitrogen and oxygen atoms in total. The lowest BCUT2D eigenvalue weighted by Gasteiger charge is -2.04. The summed E-state index contributed by atoms with van der Waals surface area (Å²) in [4.78, 5) is 0. The number of hydrogen-bond donors (Lipinski definition) is 2. The Balaban J connectivity index is 2.32. The molecule has 3 N–H and O–H groups in total. The minimum atomic E-state index is 0.499. The van der Waals surface area contributed by atoms with Gasteiger partial charge < -0.3 is 5.73 Å². The molecule has 3 aromatic rings. The van der Waals surface area contributed by atoms with Crippen LogP contribution >= 0.6 is 23.2 Å². The fourth-order valence-corrected chi connectivity index (χ4v) is 2.41. The molecule has 0 fully saturated rings. The molecule has 2 aromatic heterocycles. The molecule has 2 heterocycles. The molecule has 0 amide bonds. The van der Waals surface area contributed by atoms with Crippen molar-refractivity contribution in [2.45, 2.75) is 6.92 Å². The third-order valence-corrected chi connectivity index (χ3v) is 3.26. The van der Waals surface area contributed by atoms with Crippen LogP contribution in [0.25, 0.3) is 16.7 Å². The van der Waals surface area contributed by atoms with Gasteiger partial charge in [-0.2, -0.15) is 10.2 Å². The number of nitrogen functional groups attached to an aromatic ring is 1. The molecule has 18 heavy (non-hydrogen) atoms. The van der Waals surface area contributed by atoms with Crippen molar-refractivity contribution in [3.05, 3.63) is 33.9 Å². The monoisotopic (exact) mass is 281 g/mol. The number of nitrogens with one attached hydrogen (secondary N) is 1. The highest BCUT2D eigenvalue weighted by molar-refractivity contribution is 6.35. The smallest absolute Gasteiger partial charge is 0.186 e. The zero-order chi connectivity index (χ0) is 12.9. The topological polar surface area (TPSA) is 72.5 Å². The summed E-state index contributed by atoms with van der Waals surface area (Å²) in [6.07, 6.45) is 0. The maximum absolute atomic E-state index is 6.17. The largest absolute Gasteiger partial charge is 0.383 e. The number of anilines is 1. The number of nitrogens with zero attached hydrogens (tertiary/aromatic N) is 3. The molecule has 0 saturated heterocycles. The van der Waals surface area contributed by atoms with E-state index in [4.69, 9.17) is 28.9 Å². The Morgan fingerprint density at radius 3 is 2.83 bits per heavy atom. The van der Waals surface area contributed by atoms with Crippen LogP contribution in [0.2, 0.25) is 10.0 Å². The van der Waals surface area contributed by atoms with Crippen LogP contribution < -0.4 is 5.73 Å². The third-order valence-electron chi connectivity index (χ3n) is 2.73. The Bertz CT molecular complexity index is 743. The van der Waals surface area contributed by atoms with Gasteiger partial charge in [-0.1, -0.05) is 23.2 Å². The second-order valence-electron chi connectivity index (χ2n) is 3.93. The number of aromatic amines is 1. The standard InChI is InChI=1S/C11H9Cl2N5/c1-5-9-10(14)15-16-11(9)18(17-5)8-3-2-6(12)4-7(8)13/h2-4H,1H3,(H3,14,15,16). The summed E-state index contributed by atoms with van der Waals surface area (Å²) >= 11 is 12.0. The van der Waals surface area contributed by atoms with E-state index in [9.17, 15) is 0 Å². The Hall–Kier alpha value is -1.72. The first-order valence-corrected chi connectivity index (χ1v) is 5.98. The molecule has 0 radical (unpaired) electrons. The molecule has 0 atom stereocenters. The molecular formula is C11H9Cl2N5. The van der Waals surface area contributed by atoms with E-state index in [0.717, 1.165) is 11.1 Å². The predicted octanol–water partition coefficient (Wildman–Crippen LogP) is 2.95. The summed E-state index contributed by atoms with van der Waals surface area (Å²) in [7, 11) is 0. The van der Waals surface area contributed by atoms with Crippen molar-refractivity contribution in [3.63, 3.8) is 0 Å². The summed E-state index contributed by atoms with van der Waals surface area (Å²) in [6, 6.07) is 5.21. The lowest BCUT2D eigenvalue weighted by atomic mass is 10.3. The summed E-state index contributed by atoms with van der Waals surface area (Å²) in [5.74, 6) is 0.499. The van der Waals surface area contributed by atoms with Crippen molar-refractivity contribution in [1.82, 2.24) is 20.0 Å². The Kier molecular flexibility index (Phi) is 2.46. The minimum absolute atomic E-state index is 0.499. The van der Waals surface area contributed by atoms with Crippen LogP contribution in [0.15, 0.2) is 18.2 Å². The predicted molar refractivity (Wildman–Crippen MR) is 72.4 cm³/mol. The van der Waals surface area contributed by atoms with E-state index in [2.05, 4.69) is 15.3 Å². The van der Waals surface area contributed by atoms with Gasteiger partial charge in [0.15, 0.2) is 5.65 Å². The number of rotatable bonds is 1. The number of hydrogen-bond acceptors (Lipinski definition) is 3. The van der Waals surface area contributed by atoms with Crippen LogP contribution in [0.1, 0.15) is 5.69 Å². The van der Waals surface area contributed by atoms with Crippen LogP contribution in [0.3, 0.4) is 0 Å². The van der Waals surface area contributed by atoms with Gasteiger partial charge in [0.05, 0.1) is 21.8 Å². The lowest BCUT2D eigenvalue weighted by molar-refractivity contribution is 0.866. The molecule has 0 aliphatic rings. The van der Waals surface area contributed by atoms with Crippen LogP contribution in [-0.4, -0.2) is 20.0 Å². The van der Waals surface area contributed by atoms with Crippen molar-refractivity contribution in [2.75, 3.05) is 5.73 Å². The van der Waals surface area contributed by atoms with Crippen molar-refractivity contribution in [3.8, 4) is 5.69 Å². The van der Waals surface area contributed by atoms with Crippen LogP contribution in [-0.2, 0) is 0 Å². The van der Waals surface area contributed by atoms with Gasteiger partial charge >= 0.3 is 0 Å². The molecule has 3 rings (SSSR count). The first-order chi connectivity index (χ1) is 8.58. The van der Waals surface area contributed by atoms with Gasteiger partial charge in [-0.15, -0.1) is 0 Å². The van der Waals surface area contributed by atoms with Gasteiger partial charge in [-0.05, 0) is 25.1 Å². The van der Waals surface area contributed by atoms with Gasteiger partial charge in [0.25, 0.3) is 0 Å². The number of aromatic nitrogens is 4. The minimum Gasteiger partial charge on any atom is -0.383 e. The number of halogens is 2. The van der Waals surface area contributed by atoms with E-state index < -0.39 is 0 Å². The molecule has 0 aliphatic heterocycles. The molecule has 7 heteroatoms. The van der Waals surface area contributed by atoms with E-state index in [1.807, 2.05) is 6.92 Å². The molecule has 0 aliphatic carbocycles. The maximum Gasteiger partial charge on any atom is 0.186 e. The van der Waals surface area contributed by atoms with Crippen LogP contribution in [0, 0.1) is 6.92 Å². The normalized spacial score (nSPS) is 11.3. The third kappa shape index (κ3) is 1.55. The second kappa shape index (κ2) is 3.90. The highest BCUT2D eigenvalue weighted by Gasteiger charge is 2.16. The summed E-state index contributed by atoms with van der Waals surface area (Å²) in [5.41, 5.74) is 7.96. The fraction of sp³-hybridized carbons (Fsp3) is 0.0909. The average molecular weight is 282 g/mol. The lowest BCUT2D eigenvalue weighted by Crippen LogP contribution is -1.98. The van der Waals surface area contributed by atoms with Crippen LogP contribution in [0.4, 0.5) is 5.82 Å². The summed E-state index contributed by atoms with van der Waals surface area (Å²) < 4.78 is 1.65. The zero-order valence-corrected chi connectivity index (χ0v) is 10.9. The van der Waals surface area contributed by atoms with Crippen molar-refractivity contribution >= 4 is 40.1 Å².